The maximum atomic E-state index is 12.6. The van der Waals surface area contributed by atoms with Crippen molar-refractivity contribution in [2.24, 2.45) is 0 Å². The van der Waals surface area contributed by atoms with Crippen LogP contribution in [0.15, 0.2) is 53.3 Å². The fourth-order valence-corrected chi connectivity index (χ4v) is 4.97. The van der Waals surface area contributed by atoms with Gasteiger partial charge in [-0.1, -0.05) is 29.5 Å². The Morgan fingerprint density at radius 2 is 1.78 bits per heavy atom. The molecule has 0 unspecified atom stereocenters. The average molecular weight is 378 g/mol. The minimum atomic E-state index is -0.0543. The summed E-state index contributed by atoms with van der Waals surface area (Å²) >= 11 is 1.81. The minimum absolute atomic E-state index is 0.0543. The molecule has 1 N–H and O–H groups in total. The Kier molecular flexibility index (Phi) is 4.18. The van der Waals surface area contributed by atoms with Gasteiger partial charge in [0.1, 0.15) is 5.52 Å². The Morgan fingerprint density at radius 1 is 1.04 bits per heavy atom. The fourth-order valence-electron chi connectivity index (χ4n) is 3.83. The van der Waals surface area contributed by atoms with Crippen LogP contribution in [0.25, 0.3) is 21.1 Å². The van der Waals surface area contributed by atoms with E-state index < -0.39 is 0 Å². The van der Waals surface area contributed by atoms with Gasteiger partial charge in [-0.25, -0.2) is 4.98 Å². The van der Waals surface area contributed by atoms with Gasteiger partial charge in [0, 0.05) is 18.8 Å². The van der Waals surface area contributed by atoms with E-state index in [4.69, 9.17) is 4.98 Å². The van der Waals surface area contributed by atoms with Crippen LogP contribution >= 0.6 is 11.3 Å². The van der Waals surface area contributed by atoms with E-state index in [1.54, 1.807) is 0 Å². The highest BCUT2D eigenvalue weighted by molar-refractivity contribution is 7.18. The zero-order valence-electron chi connectivity index (χ0n) is 14.8. The van der Waals surface area contributed by atoms with Gasteiger partial charge in [-0.2, -0.15) is 4.68 Å². The third-order valence-corrected chi connectivity index (χ3v) is 6.55. The highest BCUT2D eigenvalue weighted by atomic mass is 32.1. The normalized spacial score (nSPS) is 20.3. The van der Waals surface area contributed by atoms with E-state index in [2.05, 4.69) is 28.5 Å². The summed E-state index contributed by atoms with van der Waals surface area (Å²) in [5.74, 6) is 0.519. The molecule has 1 aliphatic heterocycles. The Labute approximate surface area is 160 Å². The van der Waals surface area contributed by atoms with Crippen molar-refractivity contribution in [3.05, 3.63) is 63.9 Å². The number of nitrogens with one attached hydrogen (secondary N) is 1. The van der Waals surface area contributed by atoms with Crippen LogP contribution in [0.4, 0.5) is 0 Å². The van der Waals surface area contributed by atoms with Crippen LogP contribution in [0, 0.1) is 0 Å². The van der Waals surface area contributed by atoms with Gasteiger partial charge >= 0.3 is 0 Å². The second kappa shape index (κ2) is 6.83. The van der Waals surface area contributed by atoms with Gasteiger partial charge < -0.3 is 4.90 Å². The first kappa shape index (κ1) is 16.5. The summed E-state index contributed by atoms with van der Waals surface area (Å²) < 4.78 is 2.77. The molecule has 0 radical (unpaired) electrons. The summed E-state index contributed by atoms with van der Waals surface area (Å²) in [4.78, 5) is 18.8. The van der Waals surface area contributed by atoms with E-state index in [9.17, 15) is 4.79 Å². The number of hydrogen-bond donors (Lipinski definition) is 1. The second-order valence-electron chi connectivity index (χ2n) is 7.11. The van der Waals surface area contributed by atoms with E-state index in [0.29, 0.717) is 23.5 Å². The van der Waals surface area contributed by atoms with Gasteiger partial charge in [0.2, 0.25) is 0 Å². The maximum absolute atomic E-state index is 12.6. The van der Waals surface area contributed by atoms with E-state index in [1.165, 1.54) is 19.3 Å². The van der Waals surface area contributed by atoms with Crippen molar-refractivity contribution in [1.82, 2.24) is 20.0 Å². The lowest BCUT2D eigenvalue weighted by Crippen LogP contribution is -3.12. The van der Waals surface area contributed by atoms with Crippen LogP contribution in [-0.2, 0) is 6.67 Å². The average Bonchev–Trinajstić information content (AvgIpc) is 3.15. The van der Waals surface area contributed by atoms with Gasteiger partial charge in [0.15, 0.2) is 6.67 Å². The smallest absolute Gasteiger partial charge is 0.282 e. The number of quaternary nitrogens is 1. The molecule has 7 heteroatoms. The lowest BCUT2D eigenvalue weighted by molar-refractivity contribution is -0.928. The molecule has 3 heterocycles. The number of hydrogen-bond acceptors (Lipinski definition) is 5. The Hall–Kier alpha value is -2.64. The number of nitrogens with zero attached hydrogens (tertiary/aromatic N) is 4. The Morgan fingerprint density at radius 3 is 2.59 bits per heavy atom. The molecular formula is C20H20N5OS+. The summed E-state index contributed by atoms with van der Waals surface area (Å²) in [6.07, 6.45) is 2.18. The quantitative estimate of drug-likeness (QED) is 0.591. The van der Waals surface area contributed by atoms with E-state index in [-0.39, 0.29) is 5.56 Å². The number of aromatic nitrogens is 4. The van der Waals surface area contributed by atoms with Crippen LogP contribution in [0.1, 0.15) is 23.8 Å². The molecule has 1 saturated heterocycles. The molecule has 0 atom stereocenters. The van der Waals surface area contributed by atoms with Crippen molar-refractivity contribution >= 4 is 32.5 Å². The van der Waals surface area contributed by atoms with Crippen LogP contribution in [0.2, 0.25) is 0 Å². The molecule has 0 saturated carbocycles. The Bertz CT molecular complexity index is 1130. The number of benzene rings is 2. The molecule has 1 fully saturated rings. The Balaban J connectivity index is 1.29. The fraction of sp³-hybridized carbons (Fsp3) is 0.300. The highest BCUT2D eigenvalue weighted by Crippen LogP contribution is 2.31. The van der Waals surface area contributed by atoms with Crippen molar-refractivity contribution in [2.75, 3.05) is 13.1 Å². The molecule has 2 aromatic carbocycles. The summed E-state index contributed by atoms with van der Waals surface area (Å²) in [7, 11) is 0. The third kappa shape index (κ3) is 3.13. The third-order valence-electron chi connectivity index (χ3n) is 5.36. The highest BCUT2D eigenvalue weighted by Gasteiger charge is 2.26. The molecule has 136 valence electrons. The van der Waals surface area contributed by atoms with Gasteiger partial charge in [0.05, 0.1) is 33.7 Å². The van der Waals surface area contributed by atoms with Crippen LogP contribution in [0.3, 0.4) is 0 Å². The summed E-state index contributed by atoms with van der Waals surface area (Å²) in [5, 5.41) is 10.2. The molecule has 4 aromatic rings. The van der Waals surface area contributed by atoms with Gasteiger partial charge in [-0.3, -0.25) is 4.79 Å². The molecule has 5 rings (SSSR count). The van der Waals surface area contributed by atoms with E-state index in [1.807, 2.05) is 41.7 Å². The number of piperidine rings is 1. The number of likely N-dealkylation sites (tertiary alicyclic amines) is 1. The van der Waals surface area contributed by atoms with Gasteiger partial charge in [0.25, 0.3) is 5.56 Å². The van der Waals surface area contributed by atoms with Crippen molar-refractivity contribution < 1.29 is 4.90 Å². The molecule has 2 aromatic heterocycles. The molecule has 27 heavy (non-hydrogen) atoms. The van der Waals surface area contributed by atoms with E-state index in [0.717, 1.165) is 31.4 Å². The first-order chi connectivity index (χ1) is 13.3. The predicted molar refractivity (Wildman–Crippen MR) is 106 cm³/mol. The first-order valence-corrected chi connectivity index (χ1v) is 10.1. The lowest BCUT2D eigenvalue weighted by Gasteiger charge is -2.28. The molecule has 0 bridgehead atoms. The summed E-state index contributed by atoms with van der Waals surface area (Å²) in [5.41, 5.74) is 1.70. The largest absolute Gasteiger partial charge is 0.316 e. The molecule has 6 nitrogen and oxygen atoms in total. The van der Waals surface area contributed by atoms with E-state index >= 15 is 0 Å². The number of para-hydroxylation sites is 1. The SMILES string of the molecule is O=c1c2ccccc2nnn1C[NH+]1CCC(c2nc3ccccc3s2)CC1. The molecular weight excluding hydrogens is 358 g/mol. The number of thiazole rings is 1. The zero-order chi connectivity index (χ0) is 18.2. The van der Waals surface area contributed by atoms with Crippen molar-refractivity contribution in [3.63, 3.8) is 0 Å². The van der Waals surface area contributed by atoms with Gasteiger partial charge in [-0.05, 0) is 24.3 Å². The molecule has 0 amide bonds. The predicted octanol–water partition coefficient (Wildman–Crippen LogP) is 1.82. The maximum Gasteiger partial charge on any atom is 0.282 e. The van der Waals surface area contributed by atoms with Crippen molar-refractivity contribution in [3.8, 4) is 0 Å². The standard InChI is InChI=1S/C20H19N5OS/c26-20-15-5-1-2-6-16(15)22-23-25(20)13-24-11-9-14(10-12-24)19-21-17-7-3-4-8-18(17)27-19/h1-8,14H,9-13H2/p+1. The summed E-state index contributed by atoms with van der Waals surface area (Å²) in [6.45, 7) is 2.60. The zero-order valence-corrected chi connectivity index (χ0v) is 15.7. The van der Waals surface area contributed by atoms with Crippen LogP contribution in [-0.4, -0.2) is 33.1 Å². The second-order valence-corrected chi connectivity index (χ2v) is 8.18. The lowest BCUT2D eigenvalue weighted by atomic mass is 9.98. The summed E-state index contributed by atoms with van der Waals surface area (Å²) in [6, 6.07) is 15.7. The monoisotopic (exact) mass is 378 g/mol. The van der Waals surface area contributed by atoms with Crippen LogP contribution in [0.5, 0.6) is 0 Å². The number of rotatable bonds is 3. The van der Waals surface area contributed by atoms with Gasteiger partial charge in [-0.15, -0.1) is 16.4 Å². The molecule has 0 spiro atoms. The van der Waals surface area contributed by atoms with Crippen LogP contribution < -0.4 is 10.5 Å². The van der Waals surface area contributed by atoms with Crippen molar-refractivity contribution in [1.29, 1.82) is 0 Å². The molecule has 1 aliphatic rings. The topological polar surface area (TPSA) is 65.1 Å². The number of fused-ring (bicyclic) bond motifs is 2. The molecule has 0 aliphatic carbocycles. The van der Waals surface area contributed by atoms with Crippen molar-refractivity contribution in [2.45, 2.75) is 25.4 Å². The minimum Gasteiger partial charge on any atom is -0.316 e. The first-order valence-electron chi connectivity index (χ1n) is 9.29.